The van der Waals surface area contributed by atoms with Gasteiger partial charge in [-0.3, -0.25) is 9.59 Å². The second-order valence-corrected chi connectivity index (χ2v) is 6.50. The number of aromatic nitrogens is 1. The Hall–Kier alpha value is -2.73. The fraction of sp³-hybridized carbons (Fsp3) is 0.111. The third-order valence-corrected chi connectivity index (χ3v) is 5.02. The van der Waals surface area contributed by atoms with Gasteiger partial charge in [0.25, 0.3) is 5.91 Å². The summed E-state index contributed by atoms with van der Waals surface area (Å²) < 4.78 is 15.0. The maximum atomic E-state index is 13.0. The van der Waals surface area contributed by atoms with Gasteiger partial charge >= 0.3 is 0 Å². The summed E-state index contributed by atoms with van der Waals surface area (Å²) in [5.74, 6) is -0.710. The number of amides is 1. The summed E-state index contributed by atoms with van der Waals surface area (Å²) in [6.45, 7) is 0. The number of carbonyl (C=O) groups is 2. The molecule has 120 valence electrons. The van der Waals surface area contributed by atoms with Gasteiger partial charge in [0.05, 0.1) is 11.6 Å². The Labute approximate surface area is 141 Å². The number of hydrogen-bond donors (Lipinski definition) is 1. The number of ketones is 1. The Balaban J connectivity index is 1.67. The number of nitrogens with zero attached hydrogens (tertiary/aromatic N) is 1. The van der Waals surface area contributed by atoms with Crippen molar-refractivity contribution in [2.45, 2.75) is 12.5 Å². The lowest BCUT2D eigenvalue weighted by atomic mass is 10.0. The number of thiophene rings is 1. The van der Waals surface area contributed by atoms with Crippen LogP contribution in [0.15, 0.2) is 54.0 Å². The molecule has 0 aliphatic carbocycles. The number of rotatable bonds is 3. The van der Waals surface area contributed by atoms with E-state index in [-0.39, 0.29) is 23.9 Å². The molecule has 1 N–H and O–H groups in total. The lowest BCUT2D eigenvalue weighted by Gasteiger charge is -2.16. The molecule has 1 atom stereocenters. The van der Waals surface area contributed by atoms with Crippen molar-refractivity contribution >= 4 is 23.0 Å². The molecule has 4 rings (SSSR count). The molecular formula is C18H13FN2O2S. The molecule has 1 aromatic carbocycles. The van der Waals surface area contributed by atoms with E-state index in [1.807, 2.05) is 28.3 Å². The molecule has 0 fully saturated rings. The summed E-state index contributed by atoms with van der Waals surface area (Å²) >= 11 is 1.48. The average molecular weight is 340 g/mol. The summed E-state index contributed by atoms with van der Waals surface area (Å²) in [4.78, 5) is 24.9. The second kappa shape index (κ2) is 5.72. The third kappa shape index (κ3) is 2.45. The van der Waals surface area contributed by atoms with Crippen LogP contribution in [0, 0.1) is 5.82 Å². The highest BCUT2D eigenvalue weighted by molar-refractivity contribution is 7.13. The normalized spacial score (nSPS) is 16.0. The van der Waals surface area contributed by atoms with E-state index in [0.29, 0.717) is 11.1 Å². The highest BCUT2D eigenvalue weighted by Crippen LogP contribution is 2.31. The minimum absolute atomic E-state index is 0.121. The summed E-state index contributed by atoms with van der Waals surface area (Å²) in [6.07, 6.45) is 2.01. The van der Waals surface area contributed by atoms with E-state index in [4.69, 9.17) is 0 Å². The zero-order chi connectivity index (χ0) is 16.7. The molecule has 24 heavy (non-hydrogen) atoms. The Bertz CT molecular complexity index is 927. The van der Waals surface area contributed by atoms with Gasteiger partial charge in [0.15, 0.2) is 5.78 Å². The molecule has 1 unspecified atom stereocenters. The van der Waals surface area contributed by atoms with Gasteiger partial charge in [0, 0.05) is 23.9 Å². The minimum atomic E-state index is -0.426. The summed E-state index contributed by atoms with van der Waals surface area (Å²) in [6, 6.07) is 10.6. The quantitative estimate of drug-likeness (QED) is 0.739. The van der Waals surface area contributed by atoms with Crippen molar-refractivity contribution < 1.29 is 14.0 Å². The highest BCUT2D eigenvalue weighted by Gasteiger charge is 2.28. The van der Waals surface area contributed by atoms with Crippen LogP contribution in [0.1, 0.15) is 38.9 Å². The smallest absolute Gasteiger partial charge is 0.254 e. The summed E-state index contributed by atoms with van der Waals surface area (Å²) in [5, 5.41) is 5.65. The molecule has 0 radical (unpaired) electrons. The lowest BCUT2D eigenvalue weighted by molar-refractivity contribution is 0.0914. The Morgan fingerprint density at radius 1 is 1.21 bits per heavy atom. The Morgan fingerprint density at radius 3 is 2.79 bits per heavy atom. The Kier molecular flexibility index (Phi) is 3.54. The van der Waals surface area contributed by atoms with Crippen LogP contribution in [0.3, 0.4) is 0 Å². The molecule has 1 aliphatic rings. The van der Waals surface area contributed by atoms with Crippen LogP contribution in [0.4, 0.5) is 4.39 Å². The number of Topliss-reactive ketones (excluding diaryl/α,β-unsaturated/α-hetero) is 1. The number of nitrogens with one attached hydrogen (secondary N) is 1. The van der Waals surface area contributed by atoms with Gasteiger partial charge < -0.3 is 9.88 Å². The van der Waals surface area contributed by atoms with Crippen LogP contribution in [-0.2, 0) is 0 Å². The lowest BCUT2D eigenvalue weighted by Crippen LogP contribution is -2.29. The molecule has 3 heterocycles. The number of halogens is 1. The van der Waals surface area contributed by atoms with E-state index in [1.54, 1.807) is 6.07 Å². The molecule has 0 spiro atoms. The maximum Gasteiger partial charge on any atom is 0.254 e. The molecule has 1 amide bonds. The van der Waals surface area contributed by atoms with Crippen molar-refractivity contribution in [3.63, 3.8) is 0 Å². The first-order valence-corrected chi connectivity index (χ1v) is 8.36. The molecule has 0 bridgehead atoms. The number of fused-ring (bicyclic) bond motifs is 3. The fourth-order valence-corrected chi connectivity index (χ4v) is 3.83. The minimum Gasteiger partial charge on any atom is -0.343 e. The van der Waals surface area contributed by atoms with Crippen LogP contribution in [0.2, 0.25) is 0 Å². The summed E-state index contributed by atoms with van der Waals surface area (Å²) in [7, 11) is 0. The first kappa shape index (κ1) is 14.8. The first-order chi connectivity index (χ1) is 11.6. The molecular weight excluding hydrogens is 327 g/mol. The van der Waals surface area contributed by atoms with Crippen molar-refractivity contribution in [2.75, 3.05) is 0 Å². The molecule has 6 heteroatoms. The topological polar surface area (TPSA) is 51.1 Å². The third-order valence-electron chi connectivity index (χ3n) is 4.11. The molecule has 0 saturated carbocycles. The van der Waals surface area contributed by atoms with Gasteiger partial charge in [-0.25, -0.2) is 4.39 Å². The van der Waals surface area contributed by atoms with Crippen LogP contribution < -0.4 is 5.32 Å². The predicted octanol–water partition coefficient (Wildman–Crippen LogP) is 3.74. The predicted molar refractivity (Wildman–Crippen MR) is 89.2 cm³/mol. The van der Waals surface area contributed by atoms with Crippen molar-refractivity contribution in [3.8, 4) is 5.00 Å². The molecule has 3 aromatic rings. The van der Waals surface area contributed by atoms with Crippen molar-refractivity contribution in [1.82, 2.24) is 9.88 Å². The zero-order valence-corrected chi connectivity index (χ0v) is 13.3. The monoisotopic (exact) mass is 340 g/mol. The number of hydrogen-bond acceptors (Lipinski definition) is 3. The highest BCUT2D eigenvalue weighted by atomic mass is 32.1. The largest absolute Gasteiger partial charge is 0.343 e. The summed E-state index contributed by atoms with van der Waals surface area (Å²) in [5.41, 5.74) is 1.90. The molecule has 0 saturated heterocycles. The van der Waals surface area contributed by atoms with E-state index < -0.39 is 6.04 Å². The van der Waals surface area contributed by atoms with Gasteiger partial charge in [-0.1, -0.05) is 0 Å². The SMILES string of the molecule is O=C(CC1NC(=O)c2ccsc2-n2cccc21)c1ccc(F)cc1. The average Bonchev–Trinajstić information content (AvgIpc) is 3.21. The van der Waals surface area contributed by atoms with Crippen LogP contribution in [0.5, 0.6) is 0 Å². The maximum absolute atomic E-state index is 13.0. The molecule has 4 nitrogen and oxygen atoms in total. The molecule has 2 aromatic heterocycles. The van der Waals surface area contributed by atoms with E-state index in [0.717, 1.165) is 10.7 Å². The van der Waals surface area contributed by atoms with Crippen LogP contribution in [0.25, 0.3) is 5.00 Å². The van der Waals surface area contributed by atoms with E-state index in [9.17, 15) is 14.0 Å². The van der Waals surface area contributed by atoms with E-state index in [1.165, 1.54) is 35.6 Å². The van der Waals surface area contributed by atoms with E-state index >= 15 is 0 Å². The van der Waals surface area contributed by atoms with Gasteiger partial charge in [0.1, 0.15) is 10.8 Å². The van der Waals surface area contributed by atoms with Crippen molar-refractivity contribution in [2.24, 2.45) is 0 Å². The fourth-order valence-electron chi connectivity index (χ4n) is 2.93. The van der Waals surface area contributed by atoms with Crippen molar-refractivity contribution in [3.05, 3.63) is 76.7 Å². The van der Waals surface area contributed by atoms with Gasteiger partial charge in [-0.15, -0.1) is 11.3 Å². The van der Waals surface area contributed by atoms with Crippen LogP contribution >= 0.6 is 11.3 Å². The standard InChI is InChI=1S/C18H13FN2O2S/c19-12-5-3-11(4-6-12)16(22)10-14-15-2-1-8-21(15)18-13(7-9-24-18)17(23)20-14/h1-9,14H,10H2,(H,20,23). The van der Waals surface area contributed by atoms with Crippen molar-refractivity contribution in [1.29, 1.82) is 0 Å². The van der Waals surface area contributed by atoms with Gasteiger partial charge in [0.2, 0.25) is 0 Å². The molecule has 1 aliphatic heterocycles. The van der Waals surface area contributed by atoms with E-state index in [2.05, 4.69) is 5.32 Å². The second-order valence-electron chi connectivity index (χ2n) is 5.60. The Morgan fingerprint density at radius 2 is 2.00 bits per heavy atom. The van der Waals surface area contributed by atoms with Gasteiger partial charge in [-0.05, 0) is 47.8 Å². The van der Waals surface area contributed by atoms with Gasteiger partial charge in [-0.2, -0.15) is 0 Å². The number of benzene rings is 1. The zero-order valence-electron chi connectivity index (χ0n) is 12.5. The van der Waals surface area contributed by atoms with Crippen LogP contribution in [-0.4, -0.2) is 16.3 Å². The first-order valence-electron chi connectivity index (χ1n) is 7.48. The number of carbonyl (C=O) groups excluding carboxylic acids is 2.